The Hall–Kier alpha value is -2.86. The number of ether oxygens (including phenoxy) is 8. The zero-order chi connectivity index (χ0) is 27.5. The zero-order valence-corrected chi connectivity index (χ0v) is 22.3. The molecular formula is C29H34O10. The van der Waals surface area contributed by atoms with E-state index in [0.29, 0.717) is 24.0 Å². The quantitative estimate of drug-likeness (QED) is 0.460. The highest BCUT2D eigenvalue weighted by molar-refractivity contribution is 5.89. The number of hydrogen-bond donors (Lipinski definition) is 0. The van der Waals surface area contributed by atoms with Crippen molar-refractivity contribution in [1.29, 1.82) is 0 Å². The number of esters is 2. The normalized spacial score (nSPS) is 33.9. The molecule has 0 bridgehead atoms. The van der Waals surface area contributed by atoms with Crippen LogP contribution in [0.5, 0.6) is 0 Å². The van der Waals surface area contributed by atoms with Gasteiger partial charge in [0.1, 0.15) is 24.9 Å². The number of methoxy groups -OCH3 is 3. The van der Waals surface area contributed by atoms with Crippen LogP contribution in [0.3, 0.4) is 0 Å². The van der Waals surface area contributed by atoms with Gasteiger partial charge in [0.15, 0.2) is 12.4 Å². The lowest BCUT2D eigenvalue weighted by molar-refractivity contribution is -0.495. The first-order valence-electron chi connectivity index (χ1n) is 13.1. The van der Waals surface area contributed by atoms with Crippen molar-refractivity contribution in [2.24, 2.45) is 0 Å². The molecule has 3 aliphatic rings. The van der Waals surface area contributed by atoms with Crippen LogP contribution < -0.4 is 0 Å². The molecule has 0 radical (unpaired) electrons. The molecule has 3 fully saturated rings. The lowest BCUT2D eigenvalue weighted by atomic mass is 9.83. The maximum absolute atomic E-state index is 13.1. The van der Waals surface area contributed by atoms with Gasteiger partial charge in [-0.2, -0.15) is 0 Å². The molecule has 0 amide bonds. The summed E-state index contributed by atoms with van der Waals surface area (Å²) in [5, 5.41) is 0. The second kappa shape index (κ2) is 11.7. The highest BCUT2D eigenvalue weighted by atomic mass is 16.8. The Morgan fingerprint density at radius 2 is 1.33 bits per heavy atom. The van der Waals surface area contributed by atoms with E-state index >= 15 is 0 Å². The van der Waals surface area contributed by atoms with Crippen molar-refractivity contribution < 1.29 is 47.5 Å². The van der Waals surface area contributed by atoms with Gasteiger partial charge in [0.2, 0.25) is 11.6 Å². The summed E-state index contributed by atoms with van der Waals surface area (Å²) in [4.78, 5) is 25.8. The van der Waals surface area contributed by atoms with Gasteiger partial charge in [-0.3, -0.25) is 0 Å². The molecule has 10 nitrogen and oxygen atoms in total. The summed E-state index contributed by atoms with van der Waals surface area (Å²) in [5.74, 6) is -3.56. The number of fused-ring (bicyclic) bond motifs is 2. The first-order chi connectivity index (χ1) is 19.0. The second-order valence-electron chi connectivity index (χ2n) is 9.77. The van der Waals surface area contributed by atoms with E-state index in [0.717, 1.165) is 12.8 Å². The van der Waals surface area contributed by atoms with Gasteiger partial charge in [-0.25, -0.2) is 9.59 Å². The van der Waals surface area contributed by atoms with Crippen molar-refractivity contribution in [2.45, 2.75) is 68.0 Å². The van der Waals surface area contributed by atoms with Gasteiger partial charge in [0.05, 0.1) is 11.1 Å². The largest absolute Gasteiger partial charge is 0.459 e. The predicted octanol–water partition coefficient (Wildman–Crippen LogP) is 3.48. The van der Waals surface area contributed by atoms with Crippen LogP contribution in [0.1, 0.15) is 46.4 Å². The minimum absolute atomic E-state index is 0.156. The van der Waals surface area contributed by atoms with Crippen molar-refractivity contribution in [2.75, 3.05) is 27.9 Å². The lowest BCUT2D eigenvalue weighted by Crippen LogP contribution is -2.75. The third kappa shape index (κ3) is 5.20. The summed E-state index contributed by atoms with van der Waals surface area (Å²) in [6.07, 6.45) is -1.90. The molecule has 2 aromatic rings. The van der Waals surface area contributed by atoms with Crippen LogP contribution in [0.2, 0.25) is 0 Å². The molecule has 5 rings (SSSR count). The molecule has 10 heteroatoms. The van der Waals surface area contributed by atoms with Gasteiger partial charge < -0.3 is 37.9 Å². The van der Waals surface area contributed by atoms with Crippen LogP contribution in [0.25, 0.3) is 0 Å². The summed E-state index contributed by atoms with van der Waals surface area (Å²) in [6.45, 7) is -0.156. The van der Waals surface area contributed by atoms with E-state index in [1.54, 1.807) is 62.8 Å². The molecule has 2 aromatic carbocycles. The fourth-order valence-electron chi connectivity index (χ4n) is 5.63. The molecule has 0 unspecified atom stereocenters. The predicted molar refractivity (Wildman–Crippen MR) is 136 cm³/mol. The van der Waals surface area contributed by atoms with E-state index in [1.165, 1.54) is 7.11 Å². The summed E-state index contributed by atoms with van der Waals surface area (Å²) in [5.41, 5.74) is 0.771. The Morgan fingerprint density at radius 3 is 1.87 bits per heavy atom. The van der Waals surface area contributed by atoms with Gasteiger partial charge in [0, 0.05) is 34.2 Å². The Bertz CT molecular complexity index is 1130. The van der Waals surface area contributed by atoms with Gasteiger partial charge in [0.25, 0.3) is 0 Å². The molecule has 2 aliphatic heterocycles. The van der Waals surface area contributed by atoms with E-state index in [-0.39, 0.29) is 6.61 Å². The topological polar surface area (TPSA) is 108 Å². The van der Waals surface area contributed by atoms with Gasteiger partial charge in [-0.1, -0.05) is 36.4 Å². The van der Waals surface area contributed by atoms with Crippen LogP contribution in [-0.4, -0.2) is 82.2 Å². The minimum atomic E-state index is -1.25. The first-order valence-corrected chi connectivity index (χ1v) is 13.1. The maximum atomic E-state index is 13.1. The number of hydrogen-bond acceptors (Lipinski definition) is 10. The Kier molecular flexibility index (Phi) is 8.32. The van der Waals surface area contributed by atoms with E-state index in [9.17, 15) is 9.59 Å². The summed E-state index contributed by atoms with van der Waals surface area (Å²) >= 11 is 0. The highest BCUT2D eigenvalue weighted by Gasteiger charge is 2.67. The Labute approximate surface area is 227 Å². The molecule has 0 N–H and O–H groups in total. The minimum Gasteiger partial charge on any atom is -0.459 e. The number of carbonyl (C=O) groups excluding carboxylic acids is 2. The number of rotatable bonds is 8. The summed E-state index contributed by atoms with van der Waals surface area (Å²) in [6, 6.07) is 17.3. The molecule has 0 aromatic heterocycles. The van der Waals surface area contributed by atoms with E-state index in [4.69, 9.17) is 37.9 Å². The third-order valence-electron chi connectivity index (χ3n) is 7.62. The van der Waals surface area contributed by atoms with Crippen LogP contribution in [0, 0.1) is 0 Å². The highest BCUT2D eigenvalue weighted by Crippen LogP contribution is 2.51. The first kappa shape index (κ1) is 27.7. The second-order valence-corrected chi connectivity index (χ2v) is 9.77. The molecule has 1 aliphatic carbocycles. The van der Waals surface area contributed by atoms with Crippen molar-refractivity contribution in [3.63, 3.8) is 0 Å². The van der Waals surface area contributed by atoms with Crippen LogP contribution in [0.4, 0.5) is 0 Å². The van der Waals surface area contributed by atoms with Crippen LogP contribution in [0.15, 0.2) is 60.7 Å². The van der Waals surface area contributed by atoms with Gasteiger partial charge >= 0.3 is 11.9 Å². The van der Waals surface area contributed by atoms with Crippen molar-refractivity contribution in [3.05, 3.63) is 71.8 Å². The fourth-order valence-corrected chi connectivity index (χ4v) is 5.63. The molecule has 0 spiro atoms. The van der Waals surface area contributed by atoms with Gasteiger partial charge in [-0.05, 0) is 37.1 Å². The monoisotopic (exact) mass is 542 g/mol. The lowest BCUT2D eigenvalue weighted by Gasteiger charge is -2.60. The average Bonchev–Trinajstić information content (AvgIpc) is 3.00. The average molecular weight is 543 g/mol. The van der Waals surface area contributed by atoms with Crippen molar-refractivity contribution in [1.82, 2.24) is 0 Å². The molecular weight excluding hydrogens is 508 g/mol. The van der Waals surface area contributed by atoms with Crippen molar-refractivity contribution in [3.8, 4) is 0 Å². The maximum Gasteiger partial charge on any atom is 0.338 e. The Morgan fingerprint density at radius 1 is 0.795 bits per heavy atom. The molecule has 7 atom stereocenters. The van der Waals surface area contributed by atoms with Crippen LogP contribution in [-0.2, 0) is 37.9 Å². The number of benzene rings is 2. The molecule has 2 heterocycles. The number of carbonyl (C=O) groups is 2. The van der Waals surface area contributed by atoms with E-state index in [2.05, 4.69) is 0 Å². The fraction of sp³-hybridized carbons (Fsp3) is 0.517. The zero-order valence-electron chi connectivity index (χ0n) is 22.3. The smallest absolute Gasteiger partial charge is 0.338 e. The molecule has 39 heavy (non-hydrogen) atoms. The summed E-state index contributed by atoms with van der Waals surface area (Å²) < 4.78 is 48.6. The van der Waals surface area contributed by atoms with Crippen molar-refractivity contribution >= 4 is 11.9 Å². The Balaban J connectivity index is 1.45. The van der Waals surface area contributed by atoms with Crippen LogP contribution >= 0.6 is 0 Å². The van der Waals surface area contributed by atoms with E-state index < -0.39 is 54.2 Å². The summed E-state index contributed by atoms with van der Waals surface area (Å²) in [7, 11) is 4.53. The van der Waals surface area contributed by atoms with Gasteiger partial charge in [-0.15, -0.1) is 0 Å². The molecule has 1 saturated carbocycles. The standard InChI is InChI=1S/C29H34O10/c1-32-27-24(37-26(31)20-14-8-5-9-15-20)23-22(21(36-27)18-35-25(30)19-12-6-4-7-13-19)38-28(33-2)16-10-11-17-29(28,34-3)39-23/h4-9,12-15,21-24,27H,10-11,16-18H2,1-3H3/t21-,22-,23+,24+,27+,28+,29+/m1/s1. The SMILES string of the molecule is CO[C@H]1O[C@H](COC(=O)c2ccccc2)[C@H]2O[C@@]3(OC)CCCC[C@]3(OC)O[C@@H]2[C@@H]1OC(=O)c1ccccc1. The van der Waals surface area contributed by atoms with E-state index in [1.807, 2.05) is 12.1 Å². The molecule has 2 saturated heterocycles. The molecule has 210 valence electrons. The third-order valence-corrected chi connectivity index (χ3v) is 7.62.